The van der Waals surface area contributed by atoms with Gasteiger partial charge in [0.25, 0.3) is 5.91 Å². The number of amides is 3. The Morgan fingerprint density at radius 3 is 2.50 bits per heavy atom. The van der Waals surface area contributed by atoms with E-state index >= 15 is 0 Å². The van der Waals surface area contributed by atoms with Crippen molar-refractivity contribution in [3.63, 3.8) is 0 Å². The summed E-state index contributed by atoms with van der Waals surface area (Å²) in [6, 6.07) is 19.4. The zero-order valence-electron chi connectivity index (χ0n) is 16.6. The first-order chi connectivity index (χ1) is 15.4. The quantitative estimate of drug-likeness (QED) is 0.420. The molecule has 3 aromatic carbocycles. The summed E-state index contributed by atoms with van der Waals surface area (Å²) in [5.74, 6) is -0.994. The van der Waals surface area contributed by atoms with Crippen LogP contribution < -0.4 is 15.0 Å². The van der Waals surface area contributed by atoms with E-state index in [1.165, 1.54) is 18.2 Å². The first-order valence-corrected chi connectivity index (χ1v) is 9.97. The molecule has 0 radical (unpaired) electrons. The van der Waals surface area contributed by atoms with Crippen LogP contribution in [0.25, 0.3) is 6.08 Å². The summed E-state index contributed by atoms with van der Waals surface area (Å²) >= 11 is 5.99. The van der Waals surface area contributed by atoms with Gasteiger partial charge in [0.1, 0.15) is 18.1 Å². The molecule has 1 saturated heterocycles. The summed E-state index contributed by atoms with van der Waals surface area (Å²) in [4.78, 5) is 37.3. The summed E-state index contributed by atoms with van der Waals surface area (Å²) in [6.45, 7) is 0.203. The molecular formula is C24H17ClN2O5. The number of hydrogen-bond acceptors (Lipinski definition) is 4. The number of carboxylic acids is 1. The molecule has 0 aromatic heterocycles. The van der Waals surface area contributed by atoms with Gasteiger partial charge >= 0.3 is 12.0 Å². The van der Waals surface area contributed by atoms with Gasteiger partial charge in [-0.15, -0.1) is 0 Å². The van der Waals surface area contributed by atoms with Gasteiger partial charge in [-0.25, -0.2) is 14.5 Å². The molecule has 4 rings (SSSR count). The van der Waals surface area contributed by atoms with Crippen molar-refractivity contribution in [2.45, 2.75) is 6.61 Å². The minimum atomic E-state index is -0.996. The largest absolute Gasteiger partial charge is 0.488 e. The first-order valence-electron chi connectivity index (χ1n) is 9.59. The number of carbonyl (C=O) groups excluding carboxylic acids is 2. The van der Waals surface area contributed by atoms with E-state index in [1.807, 2.05) is 0 Å². The van der Waals surface area contributed by atoms with Crippen molar-refractivity contribution >= 4 is 41.3 Å². The van der Waals surface area contributed by atoms with Crippen molar-refractivity contribution < 1.29 is 24.2 Å². The van der Waals surface area contributed by atoms with Gasteiger partial charge in [0.15, 0.2) is 0 Å². The summed E-state index contributed by atoms with van der Waals surface area (Å²) in [5, 5.41) is 12.0. The lowest BCUT2D eigenvalue weighted by Crippen LogP contribution is -2.30. The standard InChI is InChI=1S/C24H17ClN2O5/c25-18-5-3-6-19(13-18)27-22(28)20(26-24(27)31)12-17-4-1-2-7-21(17)32-14-15-8-10-16(11-9-15)23(29)30/h1-13H,14H2,(H,26,31)(H,29,30)/b20-12-. The predicted octanol–water partition coefficient (Wildman–Crippen LogP) is 4.71. The molecule has 0 aliphatic carbocycles. The molecule has 7 nitrogen and oxygen atoms in total. The molecule has 0 atom stereocenters. The number of para-hydroxylation sites is 1. The zero-order chi connectivity index (χ0) is 22.7. The third-order valence-corrected chi connectivity index (χ3v) is 4.99. The van der Waals surface area contributed by atoms with Crippen LogP contribution in [0.4, 0.5) is 10.5 Å². The molecule has 3 aromatic rings. The second-order valence-corrected chi connectivity index (χ2v) is 7.37. The van der Waals surface area contributed by atoms with Gasteiger partial charge in [-0.1, -0.05) is 48.0 Å². The molecule has 0 spiro atoms. The maximum absolute atomic E-state index is 12.9. The van der Waals surface area contributed by atoms with Crippen LogP contribution in [0.15, 0.2) is 78.5 Å². The Kier molecular flexibility index (Phi) is 5.91. The fourth-order valence-corrected chi connectivity index (χ4v) is 3.36. The number of nitrogens with one attached hydrogen (secondary N) is 1. The summed E-state index contributed by atoms with van der Waals surface area (Å²) in [6.07, 6.45) is 1.55. The normalized spacial score (nSPS) is 14.5. The second-order valence-electron chi connectivity index (χ2n) is 6.94. The van der Waals surface area contributed by atoms with Gasteiger partial charge in [0.2, 0.25) is 0 Å². The van der Waals surface area contributed by atoms with E-state index in [-0.39, 0.29) is 17.9 Å². The Labute approximate surface area is 188 Å². The number of hydrogen-bond donors (Lipinski definition) is 2. The van der Waals surface area contributed by atoms with Crippen molar-refractivity contribution in [2.75, 3.05) is 4.90 Å². The molecule has 3 amide bonds. The Morgan fingerprint density at radius 2 is 1.78 bits per heavy atom. The highest BCUT2D eigenvalue weighted by Crippen LogP contribution is 2.27. The topological polar surface area (TPSA) is 95.9 Å². The SMILES string of the molecule is O=C(O)c1ccc(COc2ccccc2/C=C2\NC(=O)N(c3cccc(Cl)c3)C2=O)cc1. The third-order valence-electron chi connectivity index (χ3n) is 4.76. The Balaban J connectivity index is 1.54. The van der Waals surface area contributed by atoms with Crippen LogP contribution in [0.2, 0.25) is 5.02 Å². The van der Waals surface area contributed by atoms with Crippen molar-refractivity contribution in [2.24, 2.45) is 0 Å². The third kappa shape index (κ3) is 4.48. The lowest BCUT2D eigenvalue weighted by Gasteiger charge is -2.12. The average Bonchev–Trinajstić information content (AvgIpc) is 3.06. The number of nitrogens with zero attached hydrogens (tertiary/aromatic N) is 1. The summed E-state index contributed by atoms with van der Waals surface area (Å²) < 4.78 is 5.88. The molecule has 32 heavy (non-hydrogen) atoms. The average molecular weight is 449 g/mol. The van der Waals surface area contributed by atoms with Crippen LogP contribution in [-0.2, 0) is 11.4 Å². The van der Waals surface area contributed by atoms with Crippen molar-refractivity contribution in [3.8, 4) is 5.75 Å². The number of rotatable bonds is 6. The molecular weight excluding hydrogens is 432 g/mol. The minimum absolute atomic E-state index is 0.108. The van der Waals surface area contributed by atoms with Gasteiger partial charge in [0.05, 0.1) is 11.3 Å². The number of imide groups is 1. The number of anilines is 1. The van der Waals surface area contributed by atoms with Crippen LogP contribution in [0.1, 0.15) is 21.5 Å². The monoisotopic (exact) mass is 448 g/mol. The van der Waals surface area contributed by atoms with E-state index in [2.05, 4.69) is 5.32 Å². The lowest BCUT2D eigenvalue weighted by atomic mass is 10.1. The van der Waals surface area contributed by atoms with Crippen molar-refractivity contribution in [3.05, 3.63) is 100 Å². The van der Waals surface area contributed by atoms with Gasteiger partial charge in [0, 0.05) is 10.6 Å². The molecule has 0 unspecified atom stereocenters. The molecule has 1 aliphatic rings. The zero-order valence-corrected chi connectivity index (χ0v) is 17.4. The highest BCUT2D eigenvalue weighted by molar-refractivity contribution is 6.32. The number of halogens is 1. The van der Waals surface area contributed by atoms with Gasteiger partial charge in [-0.2, -0.15) is 0 Å². The highest BCUT2D eigenvalue weighted by Gasteiger charge is 2.35. The van der Waals surface area contributed by atoms with Crippen molar-refractivity contribution in [1.29, 1.82) is 0 Å². The second kappa shape index (κ2) is 8.95. The van der Waals surface area contributed by atoms with E-state index in [4.69, 9.17) is 21.4 Å². The Morgan fingerprint density at radius 1 is 1.03 bits per heavy atom. The maximum atomic E-state index is 12.9. The van der Waals surface area contributed by atoms with Gasteiger partial charge in [-0.05, 0) is 48.0 Å². The van der Waals surface area contributed by atoms with Gasteiger partial charge in [-0.3, -0.25) is 4.79 Å². The van der Waals surface area contributed by atoms with Gasteiger partial charge < -0.3 is 15.2 Å². The van der Waals surface area contributed by atoms with Crippen LogP contribution in [0.3, 0.4) is 0 Å². The van der Waals surface area contributed by atoms with Crippen LogP contribution in [0, 0.1) is 0 Å². The van der Waals surface area contributed by atoms with E-state index in [1.54, 1.807) is 60.7 Å². The van der Waals surface area contributed by atoms with Crippen LogP contribution >= 0.6 is 11.6 Å². The molecule has 1 fully saturated rings. The molecule has 1 heterocycles. The molecule has 160 valence electrons. The number of aromatic carboxylic acids is 1. The number of ether oxygens (including phenoxy) is 1. The van der Waals surface area contributed by atoms with E-state index in [0.29, 0.717) is 22.0 Å². The van der Waals surface area contributed by atoms with Crippen LogP contribution in [-0.4, -0.2) is 23.0 Å². The minimum Gasteiger partial charge on any atom is -0.488 e. The van der Waals surface area contributed by atoms with E-state index in [9.17, 15) is 14.4 Å². The fourth-order valence-electron chi connectivity index (χ4n) is 3.18. The number of urea groups is 1. The summed E-state index contributed by atoms with van der Waals surface area (Å²) in [7, 11) is 0. The predicted molar refractivity (Wildman–Crippen MR) is 120 cm³/mol. The Bertz CT molecular complexity index is 1240. The van der Waals surface area contributed by atoms with E-state index < -0.39 is 17.9 Å². The first kappa shape index (κ1) is 21.1. The highest BCUT2D eigenvalue weighted by atomic mass is 35.5. The number of benzene rings is 3. The Hall–Kier alpha value is -4.10. The smallest absolute Gasteiger partial charge is 0.335 e. The van der Waals surface area contributed by atoms with E-state index in [0.717, 1.165) is 10.5 Å². The fraction of sp³-hybridized carbons (Fsp3) is 0.0417. The maximum Gasteiger partial charge on any atom is 0.335 e. The lowest BCUT2D eigenvalue weighted by molar-refractivity contribution is -0.113. The number of carboxylic acid groups (broad SMARTS) is 1. The van der Waals surface area contributed by atoms with Crippen LogP contribution in [0.5, 0.6) is 5.75 Å². The summed E-state index contributed by atoms with van der Waals surface area (Å²) in [5.41, 5.74) is 2.06. The molecule has 2 N–H and O–H groups in total. The van der Waals surface area contributed by atoms with Crippen molar-refractivity contribution in [1.82, 2.24) is 5.32 Å². The molecule has 0 saturated carbocycles. The molecule has 1 aliphatic heterocycles. The molecule has 0 bridgehead atoms. The number of carbonyl (C=O) groups is 3. The molecule has 8 heteroatoms.